The Kier molecular flexibility index (Phi) is 4.87. The molecule has 0 aliphatic carbocycles. The maximum Gasteiger partial charge on any atom is 0.343 e. The zero-order valence-corrected chi connectivity index (χ0v) is 15.2. The summed E-state index contributed by atoms with van der Waals surface area (Å²) in [5, 5.41) is 3.09. The zero-order chi connectivity index (χ0) is 19.5. The normalized spacial score (nSPS) is 11.8. The number of carbonyl (C=O) groups is 2. The lowest BCUT2D eigenvalue weighted by atomic mass is 10.2. The third-order valence-corrected chi connectivity index (χ3v) is 4.36. The predicted molar refractivity (Wildman–Crippen MR) is 103 cm³/mol. The summed E-state index contributed by atoms with van der Waals surface area (Å²) in [6, 6.07) is 18.1. The first-order valence-electron chi connectivity index (χ1n) is 8.38. The van der Waals surface area contributed by atoms with E-state index in [1.54, 1.807) is 66.7 Å². The topological polar surface area (TPSA) is 73.9 Å². The molecule has 1 aliphatic heterocycles. The summed E-state index contributed by atoms with van der Waals surface area (Å²) in [5.41, 5.74) is 1.16. The van der Waals surface area contributed by atoms with Gasteiger partial charge in [-0.3, -0.25) is 4.79 Å². The molecular formula is C21H14ClNO5. The molecule has 0 radical (unpaired) electrons. The van der Waals surface area contributed by atoms with Gasteiger partial charge in [0.1, 0.15) is 5.75 Å². The zero-order valence-electron chi connectivity index (χ0n) is 14.5. The van der Waals surface area contributed by atoms with E-state index in [2.05, 4.69) is 5.32 Å². The maximum absolute atomic E-state index is 12.4. The summed E-state index contributed by atoms with van der Waals surface area (Å²) in [6.45, 7) is 0.126. The van der Waals surface area contributed by atoms with Crippen molar-refractivity contribution >= 4 is 29.2 Å². The third-order valence-electron chi connectivity index (χ3n) is 4.03. The molecule has 1 heterocycles. The van der Waals surface area contributed by atoms with Crippen LogP contribution in [0.15, 0.2) is 66.7 Å². The second-order valence-electron chi connectivity index (χ2n) is 5.92. The highest BCUT2D eigenvalue weighted by Crippen LogP contribution is 2.33. The Morgan fingerprint density at radius 3 is 2.61 bits per heavy atom. The van der Waals surface area contributed by atoms with Crippen LogP contribution in [-0.2, 0) is 0 Å². The van der Waals surface area contributed by atoms with Gasteiger partial charge in [-0.15, -0.1) is 0 Å². The summed E-state index contributed by atoms with van der Waals surface area (Å²) >= 11 is 6.04. The number of hydrogen-bond donors (Lipinski definition) is 1. The Labute approximate surface area is 165 Å². The quantitative estimate of drug-likeness (QED) is 0.518. The van der Waals surface area contributed by atoms with E-state index in [-0.39, 0.29) is 12.7 Å². The number of rotatable bonds is 4. The van der Waals surface area contributed by atoms with Gasteiger partial charge >= 0.3 is 5.97 Å². The van der Waals surface area contributed by atoms with E-state index in [0.29, 0.717) is 39.1 Å². The molecule has 3 aromatic rings. The van der Waals surface area contributed by atoms with Crippen LogP contribution in [0.25, 0.3) is 0 Å². The summed E-state index contributed by atoms with van der Waals surface area (Å²) in [4.78, 5) is 24.8. The van der Waals surface area contributed by atoms with E-state index in [9.17, 15) is 9.59 Å². The Morgan fingerprint density at radius 1 is 0.929 bits per heavy atom. The smallest absolute Gasteiger partial charge is 0.343 e. The predicted octanol–water partition coefficient (Wildman–Crippen LogP) is 4.54. The number of esters is 1. The molecule has 0 unspecified atom stereocenters. The van der Waals surface area contributed by atoms with E-state index in [1.807, 2.05) is 0 Å². The first kappa shape index (κ1) is 17.9. The summed E-state index contributed by atoms with van der Waals surface area (Å²) in [7, 11) is 0. The van der Waals surface area contributed by atoms with Crippen LogP contribution in [0.2, 0.25) is 5.02 Å². The Morgan fingerprint density at radius 2 is 1.75 bits per heavy atom. The fourth-order valence-electron chi connectivity index (χ4n) is 2.67. The van der Waals surface area contributed by atoms with Crippen LogP contribution < -0.4 is 19.5 Å². The second kappa shape index (κ2) is 7.62. The molecule has 7 heteroatoms. The van der Waals surface area contributed by atoms with Gasteiger partial charge in [0.2, 0.25) is 6.79 Å². The molecule has 0 bridgehead atoms. The van der Waals surface area contributed by atoms with Crippen LogP contribution in [0.3, 0.4) is 0 Å². The molecule has 28 heavy (non-hydrogen) atoms. The molecule has 0 fully saturated rings. The monoisotopic (exact) mass is 395 g/mol. The van der Waals surface area contributed by atoms with Gasteiger partial charge in [0.15, 0.2) is 11.5 Å². The molecule has 1 amide bonds. The Balaban J connectivity index is 1.47. The first-order chi connectivity index (χ1) is 13.6. The average molecular weight is 396 g/mol. The van der Waals surface area contributed by atoms with Crippen LogP contribution in [0.5, 0.6) is 17.2 Å². The SMILES string of the molecule is O=C(Oc1cccc(NC(=O)c2ccccc2Cl)c1)c1ccc2c(c1)OCO2. The molecule has 1 N–H and O–H groups in total. The van der Waals surface area contributed by atoms with Gasteiger partial charge in [-0.1, -0.05) is 29.8 Å². The molecule has 3 aromatic carbocycles. The number of carbonyl (C=O) groups excluding carboxylic acids is 2. The molecule has 1 aliphatic rings. The summed E-state index contributed by atoms with van der Waals surface area (Å²) < 4.78 is 15.9. The van der Waals surface area contributed by atoms with Crippen LogP contribution in [0.4, 0.5) is 5.69 Å². The lowest BCUT2D eigenvalue weighted by Crippen LogP contribution is -2.13. The van der Waals surface area contributed by atoms with Crippen LogP contribution in [0.1, 0.15) is 20.7 Å². The van der Waals surface area contributed by atoms with E-state index >= 15 is 0 Å². The number of anilines is 1. The van der Waals surface area contributed by atoms with Crippen molar-refractivity contribution in [1.29, 1.82) is 0 Å². The fourth-order valence-corrected chi connectivity index (χ4v) is 2.89. The molecule has 0 saturated carbocycles. The largest absolute Gasteiger partial charge is 0.454 e. The van der Waals surface area contributed by atoms with Crippen LogP contribution in [0, 0.1) is 0 Å². The summed E-state index contributed by atoms with van der Waals surface area (Å²) in [6.07, 6.45) is 0. The number of ether oxygens (including phenoxy) is 3. The van der Waals surface area contributed by atoms with Gasteiger partial charge in [0, 0.05) is 11.8 Å². The number of fused-ring (bicyclic) bond motifs is 1. The van der Waals surface area contributed by atoms with Crippen molar-refractivity contribution in [2.75, 3.05) is 12.1 Å². The van der Waals surface area contributed by atoms with Crippen molar-refractivity contribution in [2.24, 2.45) is 0 Å². The molecule has 6 nitrogen and oxygen atoms in total. The van der Waals surface area contributed by atoms with Gasteiger partial charge in [-0.2, -0.15) is 0 Å². The molecule has 0 saturated heterocycles. The lowest BCUT2D eigenvalue weighted by molar-refractivity contribution is 0.0734. The molecule has 140 valence electrons. The summed E-state index contributed by atoms with van der Waals surface area (Å²) in [5.74, 6) is 0.466. The number of benzene rings is 3. The van der Waals surface area contributed by atoms with Crippen molar-refractivity contribution in [3.05, 3.63) is 82.9 Å². The minimum atomic E-state index is -0.548. The highest BCUT2D eigenvalue weighted by Gasteiger charge is 2.18. The first-order valence-corrected chi connectivity index (χ1v) is 8.76. The van der Waals surface area contributed by atoms with Crippen molar-refractivity contribution in [2.45, 2.75) is 0 Å². The van der Waals surface area contributed by atoms with Gasteiger partial charge in [0.25, 0.3) is 5.91 Å². The second-order valence-corrected chi connectivity index (χ2v) is 6.33. The number of nitrogens with one attached hydrogen (secondary N) is 1. The highest BCUT2D eigenvalue weighted by atomic mass is 35.5. The van der Waals surface area contributed by atoms with Crippen molar-refractivity contribution in [3.8, 4) is 17.2 Å². The number of amides is 1. The number of halogens is 1. The molecular weight excluding hydrogens is 382 g/mol. The third kappa shape index (κ3) is 3.77. The van der Waals surface area contributed by atoms with Gasteiger partial charge in [-0.05, 0) is 42.5 Å². The number of hydrogen-bond acceptors (Lipinski definition) is 5. The Bertz CT molecular complexity index is 1070. The minimum absolute atomic E-state index is 0.126. The molecule has 0 atom stereocenters. The standard InChI is InChI=1S/C21H14ClNO5/c22-17-7-2-1-6-16(17)20(24)23-14-4-3-5-15(11-14)28-21(25)13-8-9-18-19(10-13)27-12-26-18/h1-11H,12H2,(H,23,24). The lowest BCUT2D eigenvalue weighted by Gasteiger charge is -2.09. The van der Waals surface area contributed by atoms with Crippen LogP contribution in [-0.4, -0.2) is 18.7 Å². The van der Waals surface area contributed by atoms with Gasteiger partial charge in [-0.25, -0.2) is 4.79 Å². The molecule has 0 aromatic heterocycles. The highest BCUT2D eigenvalue weighted by molar-refractivity contribution is 6.34. The van der Waals surface area contributed by atoms with E-state index in [4.69, 9.17) is 25.8 Å². The van der Waals surface area contributed by atoms with Gasteiger partial charge in [0.05, 0.1) is 16.1 Å². The van der Waals surface area contributed by atoms with Crippen molar-refractivity contribution < 1.29 is 23.8 Å². The van der Waals surface area contributed by atoms with E-state index in [0.717, 1.165) is 0 Å². The molecule has 0 spiro atoms. The van der Waals surface area contributed by atoms with Crippen LogP contribution >= 0.6 is 11.6 Å². The average Bonchev–Trinajstić information content (AvgIpc) is 3.16. The molecule has 4 rings (SSSR count). The van der Waals surface area contributed by atoms with Crippen molar-refractivity contribution in [1.82, 2.24) is 0 Å². The Hall–Kier alpha value is -3.51. The minimum Gasteiger partial charge on any atom is -0.454 e. The fraction of sp³-hybridized carbons (Fsp3) is 0.0476. The maximum atomic E-state index is 12.4. The van der Waals surface area contributed by atoms with Crippen molar-refractivity contribution in [3.63, 3.8) is 0 Å². The van der Waals surface area contributed by atoms with E-state index < -0.39 is 5.97 Å². The van der Waals surface area contributed by atoms with Gasteiger partial charge < -0.3 is 19.5 Å². The van der Waals surface area contributed by atoms with E-state index in [1.165, 1.54) is 0 Å².